The first kappa shape index (κ1) is 13.0. The number of carbonyl (C=O) groups is 1. The van der Waals surface area contributed by atoms with Crippen molar-refractivity contribution < 1.29 is 9.90 Å². The van der Waals surface area contributed by atoms with Gasteiger partial charge in [-0.15, -0.1) is 0 Å². The van der Waals surface area contributed by atoms with Gasteiger partial charge in [-0.05, 0) is 37.6 Å². The molecule has 0 spiro atoms. The van der Waals surface area contributed by atoms with Gasteiger partial charge in [0.15, 0.2) is 0 Å². The van der Waals surface area contributed by atoms with Crippen molar-refractivity contribution in [1.82, 2.24) is 15.3 Å². The molecule has 0 aliphatic rings. The Morgan fingerprint density at radius 3 is 2.68 bits per heavy atom. The molecule has 1 amide bonds. The minimum absolute atomic E-state index is 0.181. The highest BCUT2D eigenvalue weighted by molar-refractivity contribution is 5.94. The van der Waals surface area contributed by atoms with E-state index < -0.39 is 0 Å². The Labute approximate surface area is 111 Å². The number of aromatic hydroxyl groups is 1. The van der Waals surface area contributed by atoms with Crippen LogP contribution < -0.4 is 5.32 Å². The van der Waals surface area contributed by atoms with Crippen LogP contribution in [0.2, 0.25) is 0 Å². The average molecular weight is 257 g/mol. The number of carbonyl (C=O) groups excluding carboxylic acids is 1. The fourth-order valence-corrected chi connectivity index (χ4v) is 1.58. The SMILES string of the molecule is Cc1cnc(CNC(=O)c2ccc(O)c(C)c2)cn1. The second kappa shape index (κ2) is 5.48. The fourth-order valence-electron chi connectivity index (χ4n) is 1.58. The summed E-state index contributed by atoms with van der Waals surface area (Å²) in [5.74, 6) is -0.0218. The number of aryl methyl sites for hydroxylation is 2. The van der Waals surface area contributed by atoms with Crippen molar-refractivity contribution in [2.45, 2.75) is 20.4 Å². The van der Waals surface area contributed by atoms with Crippen LogP contribution in [0.3, 0.4) is 0 Å². The Balaban J connectivity index is 2.01. The minimum Gasteiger partial charge on any atom is -0.508 e. The van der Waals surface area contributed by atoms with E-state index >= 15 is 0 Å². The maximum Gasteiger partial charge on any atom is 0.251 e. The largest absolute Gasteiger partial charge is 0.508 e. The monoisotopic (exact) mass is 257 g/mol. The van der Waals surface area contributed by atoms with E-state index in [2.05, 4.69) is 15.3 Å². The molecule has 1 heterocycles. The van der Waals surface area contributed by atoms with Crippen molar-refractivity contribution in [1.29, 1.82) is 0 Å². The summed E-state index contributed by atoms with van der Waals surface area (Å²) >= 11 is 0. The van der Waals surface area contributed by atoms with E-state index in [4.69, 9.17) is 0 Å². The molecule has 5 heteroatoms. The van der Waals surface area contributed by atoms with E-state index in [1.165, 1.54) is 6.07 Å². The summed E-state index contributed by atoms with van der Waals surface area (Å²) in [5.41, 5.74) is 2.72. The van der Waals surface area contributed by atoms with Gasteiger partial charge in [0.1, 0.15) is 5.75 Å². The van der Waals surface area contributed by atoms with Crippen LogP contribution in [0.4, 0.5) is 0 Å². The van der Waals surface area contributed by atoms with Gasteiger partial charge in [0, 0.05) is 11.8 Å². The summed E-state index contributed by atoms with van der Waals surface area (Å²) in [6.07, 6.45) is 3.30. The topological polar surface area (TPSA) is 75.1 Å². The van der Waals surface area contributed by atoms with E-state index in [1.807, 2.05) is 6.92 Å². The Hall–Kier alpha value is -2.43. The first-order valence-electron chi connectivity index (χ1n) is 5.91. The first-order chi connectivity index (χ1) is 9.06. The molecule has 0 saturated carbocycles. The van der Waals surface area contributed by atoms with Crippen LogP contribution in [0.15, 0.2) is 30.6 Å². The summed E-state index contributed by atoms with van der Waals surface area (Å²) in [4.78, 5) is 20.2. The molecule has 0 unspecified atom stereocenters. The number of hydrogen-bond acceptors (Lipinski definition) is 4. The first-order valence-corrected chi connectivity index (χ1v) is 5.91. The van der Waals surface area contributed by atoms with Crippen LogP contribution in [0.25, 0.3) is 0 Å². The van der Waals surface area contributed by atoms with Gasteiger partial charge in [-0.3, -0.25) is 14.8 Å². The van der Waals surface area contributed by atoms with Crippen LogP contribution in [0, 0.1) is 13.8 Å². The smallest absolute Gasteiger partial charge is 0.251 e. The Morgan fingerprint density at radius 2 is 2.05 bits per heavy atom. The third-order valence-corrected chi connectivity index (χ3v) is 2.72. The van der Waals surface area contributed by atoms with Gasteiger partial charge >= 0.3 is 0 Å². The normalized spacial score (nSPS) is 10.2. The van der Waals surface area contributed by atoms with Crippen molar-refractivity contribution in [2.24, 2.45) is 0 Å². The van der Waals surface area contributed by atoms with E-state index in [-0.39, 0.29) is 11.7 Å². The van der Waals surface area contributed by atoms with Crippen molar-refractivity contribution >= 4 is 5.91 Å². The number of amides is 1. The lowest BCUT2D eigenvalue weighted by molar-refractivity contribution is 0.0950. The van der Waals surface area contributed by atoms with Crippen LogP contribution in [0.5, 0.6) is 5.75 Å². The van der Waals surface area contributed by atoms with Crippen LogP contribution in [0.1, 0.15) is 27.3 Å². The van der Waals surface area contributed by atoms with Crippen molar-refractivity contribution in [2.75, 3.05) is 0 Å². The summed E-state index contributed by atoms with van der Waals surface area (Å²) in [5, 5.41) is 12.2. The van der Waals surface area contributed by atoms with E-state index in [0.717, 1.165) is 5.69 Å². The second-order valence-electron chi connectivity index (χ2n) is 4.33. The van der Waals surface area contributed by atoms with Gasteiger partial charge in [0.05, 0.1) is 24.1 Å². The molecule has 0 bridgehead atoms. The molecule has 0 aliphatic heterocycles. The van der Waals surface area contributed by atoms with Crippen molar-refractivity contribution in [3.63, 3.8) is 0 Å². The third kappa shape index (κ3) is 3.28. The summed E-state index contributed by atoms with van der Waals surface area (Å²) < 4.78 is 0. The molecule has 1 aromatic carbocycles. The molecule has 2 rings (SSSR count). The Kier molecular flexibility index (Phi) is 3.75. The number of benzene rings is 1. The lowest BCUT2D eigenvalue weighted by atomic mass is 10.1. The maximum atomic E-state index is 11.9. The zero-order valence-electron chi connectivity index (χ0n) is 10.8. The molecule has 0 atom stereocenters. The van der Waals surface area contributed by atoms with E-state index in [9.17, 15) is 9.90 Å². The van der Waals surface area contributed by atoms with Gasteiger partial charge in [-0.2, -0.15) is 0 Å². The van der Waals surface area contributed by atoms with Crippen LogP contribution in [-0.2, 0) is 6.54 Å². The van der Waals surface area contributed by atoms with Gasteiger partial charge in [0.25, 0.3) is 5.91 Å². The Bertz CT molecular complexity index is 594. The lowest BCUT2D eigenvalue weighted by Crippen LogP contribution is -2.23. The molecular weight excluding hydrogens is 242 g/mol. The van der Waals surface area contributed by atoms with E-state index in [1.54, 1.807) is 31.5 Å². The minimum atomic E-state index is -0.203. The maximum absolute atomic E-state index is 11.9. The molecule has 1 aromatic heterocycles. The number of rotatable bonds is 3. The molecule has 2 aromatic rings. The van der Waals surface area contributed by atoms with Gasteiger partial charge in [-0.25, -0.2) is 0 Å². The zero-order chi connectivity index (χ0) is 13.8. The molecular formula is C14H15N3O2. The molecule has 0 saturated heterocycles. The number of nitrogens with zero attached hydrogens (tertiary/aromatic N) is 2. The zero-order valence-corrected chi connectivity index (χ0v) is 10.8. The average Bonchev–Trinajstić information content (AvgIpc) is 2.41. The summed E-state index contributed by atoms with van der Waals surface area (Å²) in [6, 6.07) is 4.74. The highest BCUT2D eigenvalue weighted by Gasteiger charge is 2.07. The third-order valence-electron chi connectivity index (χ3n) is 2.72. The highest BCUT2D eigenvalue weighted by Crippen LogP contribution is 2.16. The van der Waals surface area contributed by atoms with Crippen molar-refractivity contribution in [3.8, 4) is 5.75 Å². The number of phenols is 1. The van der Waals surface area contributed by atoms with E-state index in [0.29, 0.717) is 23.4 Å². The highest BCUT2D eigenvalue weighted by atomic mass is 16.3. The number of phenolic OH excluding ortho intramolecular Hbond substituents is 1. The molecule has 0 aliphatic carbocycles. The predicted molar refractivity (Wildman–Crippen MR) is 70.8 cm³/mol. The molecule has 0 fully saturated rings. The number of nitrogens with one attached hydrogen (secondary N) is 1. The lowest BCUT2D eigenvalue weighted by Gasteiger charge is -2.06. The molecule has 98 valence electrons. The van der Waals surface area contributed by atoms with Gasteiger partial charge < -0.3 is 10.4 Å². The van der Waals surface area contributed by atoms with Gasteiger partial charge in [0.2, 0.25) is 0 Å². The van der Waals surface area contributed by atoms with Gasteiger partial charge in [-0.1, -0.05) is 0 Å². The quantitative estimate of drug-likeness (QED) is 0.878. The second-order valence-corrected chi connectivity index (χ2v) is 4.33. The van der Waals surface area contributed by atoms with Crippen molar-refractivity contribution in [3.05, 3.63) is 53.1 Å². The molecule has 19 heavy (non-hydrogen) atoms. The number of hydrogen-bond donors (Lipinski definition) is 2. The summed E-state index contributed by atoms with van der Waals surface area (Å²) in [7, 11) is 0. The van der Waals surface area contributed by atoms with Crippen LogP contribution in [-0.4, -0.2) is 21.0 Å². The summed E-state index contributed by atoms with van der Waals surface area (Å²) in [6.45, 7) is 3.93. The fraction of sp³-hybridized carbons (Fsp3) is 0.214. The number of aromatic nitrogens is 2. The standard InChI is InChI=1S/C14H15N3O2/c1-9-5-11(3-4-13(9)18)14(19)17-8-12-7-15-10(2)6-16-12/h3-7,18H,8H2,1-2H3,(H,17,19). The molecule has 2 N–H and O–H groups in total. The molecule has 5 nitrogen and oxygen atoms in total. The van der Waals surface area contributed by atoms with Crippen LogP contribution >= 0.6 is 0 Å². The predicted octanol–water partition coefficient (Wildman–Crippen LogP) is 1.73. The Morgan fingerprint density at radius 1 is 1.26 bits per heavy atom. The molecule has 0 radical (unpaired) electrons.